The largest absolute Gasteiger partial charge is 0.397 e. The molecule has 5 nitrogen and oxygen atoms in total. The summed E-state index contributed by atoms with van der Waals surface area (Å²) in [5.41, 5.74) is 8.99. The fraction of sp³-hybridized carbons (Fsp3) is 0.143. The van der Waals surface area contributed by atoms with E-state index in [-0.39, 0.29) is 0 Å². The number of aryl methyl sites for hydroxylation is 1. The molecule has 0 aliphatic carbocycles. The molecule has 0 saturated carbocycles. The van der Waals surface area contributed by atoms with Gasteiger partial charge >= 0.3 is 0 Å². The van der Waals surface area contributed by atoms with E-state index in [1.807, 2.05) is 43.8 Å². The number of benzene rings is 1. The highest BCUT2D eigenvalue weighted by Crippen LogP contribution is 2.28. The molecule has 96 valence electrons. The summed E-state index contributed by atoms with van der Waals surface area (Å²) in [6.07, 6.45) is 7.39. The average Bonchev–Trinajstić information content (AvgIpc) is 2.84. The first-order valence-corrected chi connectivity index (χ1v) is 6.07. The first kappa shape index (κ1) is 11.5. The minimum Gasteiger partial charge on any atom is -0.397 e. The normalized spacial score (nSPS) is 10.8. The number of nitrogen functional groups attached to an aromatic ring is 1. The Morgan fingerprint density at radius 1 is 1.26 bits per heavy atom. The lowest BCUT2D eigenvalue weighted by Gasteiger charge is -2.10. The van der Waals surface area contributed by atoms with Gasteiger partial charge in [-0.1, -0.05) is 6.07 Å². The average molecular weight is 253 g/mol. The second-order valence-corrected chi connectivity index (χ2v) is 4.50. The maximum Gasteiger partial charge on any atom is 0.0630 e. The van der Waals surface area contributed by atoms with Crippen LogP contribution in [0.2, 0.25) is 0 Å². The smallest absolute Gasteiger partial charge is 0.0630 e. The first-order valence-electron chi connectivity index (χ1n) is 6.07. The Balaban J connectivity index is 1.87. The van der Waals surface area contributed by atoms with Gasteiger partial charge in [0.1, 0.15) is 0 Å². The topological polar surface area (TPSA) is 68.8 Å². The highest BCUT2D eigenvalue weighted by atomic mass is 15.2. The third-order valence-corrected chi connectivity index (χ3v) is 3.10. The molecule has 0 amide bonds. The lowest BCUT2D eigenvalue weighted by molar-refractivity contribution is 0.767. The van der Waals surface area contributed by atoms with E-state index in [4.69, 9.17) is 5.73 Å². The quantitative estimate of drug-likeness (QED) is 0.702. The van der Waals surface area contributed by atoms with Crippen LogP contribution in [0.3, 0.4) is 0 Å². The number of aromatic nitrogens is 3. The van der Waals surface area contributed by atoms with Gasteiger partial charge in [0.25, 0.3) is 0 Å². The van der Waals surface area contributed by atoms with Crippen LogP contribution in [0.5, 0.6) is 0 Å². The molecule has 0 bridgehead atoms. The number of rotatable bonds is 3. The second-order valence-electron chi connectivity index (χ2n) is 4.50. The highest BCUT2D eigenvalue weighted by molar-refractivity contribution is 5.98. The molecule has 0 aliphatic rings. The number of pyridine rings is 1. The summed E-state index contributed by atoms with van der Waals surface area (Å²) in [5, 5.41) is 9.54. The summed E-state index contributed by atoms with van der Waals surface area (Å²) in [6, 6.07) is 5.93. The molecular weight excluding hydrogens is 238 g/mol. The van der Waals surface area contributed by atoms with Crippen molar-refractivity contribution in [3.8, 4) is 0 Å². The van der Waals surface area contributed by atoms with Crippen molar-refractivity contribution in [1.29, 1.82) is 0 Å². The summed E-state index contributed by atoms with van der Waals surface area (Å²) in [5.74, 6) is 0. The molecule has 2 aromatic heterocycles. The lowest BCUT2D eigenvalue weighted by atomic mass is 10.1. The van der Waals surface area contributed by atoms with Crippen molar-refractivity contribution in [2.24, 2.45) is 7.05 Å². The number of fused-ring (bicyclic) bond motifs is 1. The van der Waals surface area contributed by atoms with Gasteiger partial charge in [-0.3, -0.25) is 9.67 Å². The van der Waals surface area contributed by atoms with Crippen LogP contribution >= 0.6 is 0 Å². The van der Waals surface area contributed by atoms with E-state index in [0.29, 0.717) is 6.54 Å². The Labute approximate surface area is 111 Å². The van der Waals surface area contributed by atoms with Crippen LogP contribution in [0, 0.1) is 0 Å². The summed E-state index contributed by atoms with van der Waals surface area (Å²) in [4.78, 5) is 4.09. The lowest BCUT2D eigenvalue weighted by Crippen LogP contribution is -2.02. The van der Waals surface area contributed by atoms with Gasteiger partial charge in [-0.15, -0.1) is 0 Å². The highest BCUT2D eigenvalue weighted by Gasteiger charge is 2.04. The molecule has 2 heterocycles. The number of nitrogens with two attached hydrogens (primary N) is 1. The number of nitrogens with one attached hydrogen (secondary N) is 1. The molecule has 0 unspecified atom stereocenters. The molecule has 0 spiro atoms. The molecule has 0 saturated heterocycles. The molecule has 0 fully saturated rings. The van der Waals surface area contributed by atoms with Crippen LogP contribution in [-0.4, -0.2) is 14.8 Å². The third-order valence-electron chi connectivity index (χ3n) is 3.10. The zero-order chi connectivity index (χ0) is 13.2. The van der Waals surface area contributed by atoms with E-state index < -0.39 is 0 Å². The van der Waals surface area contributed by atoms with Crippen LogP contribution in [0.1, 0.15) is 5.56 Å². The molecule has 3 rings (SSSR count). The van der Waals surface area contributed by atoms with Crippen molar-refractivity contribution in [1.82, 2.24) is 14.8 Å². The molecule has 3 aromatic rings. The van der Waals surface area contributed by atoms with Crippen molar-refractivity contribution < 1.29 is 0 Å². The van der Waals surface area contributed by atoms with Crippen LogP contribution in [-0.2, 0) is 13.6 Å². The van der Waals surface area contributed by atoms with Gasteiger partial charge in [-0.2, -0.15) is 5.10 Å². The van der Waals surface area contributed by atoms with Crippen LogP contribution in [0.15, 0.2) is 43.0 Å². The van der Waals surface area contributed by atoms with Gasteiger partial charge in [0.15, 0.2) is 0 Å². The number of anilines is 2. The van der Waals surface area contributed by atoms with E-state index in [0.717, 1.165) is 27.7 Å². The van der Waals surface area contributed by atoms with Crippen molar-refractivity contribution in [2.45, 2.75) is 6.54 Å². The van der Waals surface area contributed by atoms with Crippen LogP contribution in [0.4, 0.5) is 11.4 Å². The van der Waals surface area contributed by atoms with Crippen LogP contribution < -0.4 is 11.1 Å². The Kier molecular flexibility index (Phi) is 2.79. The zero-order valence-corrected chi connectivity index (χ0v) is 10.7. The Morgan fingerprint density at radius 3 is 2.95 bits per heavy atom. The predicted molar refractivity (Wildman–Crippen MR) is 76.7 cm³/mol. The summed E-state index contributed by atoms with van der Waals surface area (Å²) in [6.45, 7) is 0.703. The fourth-order valence-electron chi connectivity index (χ4n) is 2.11. The number of hydrogen-bond acceptors (Lipinski definition) is 4. The molecule has 19 heavy (non-hydrogen) atoms. The first-order chi connectivity index (χ1) is 9.24. The van der Waals surface area contributed by atoms with Gasteiger partial charge in [-0.05, 0) is 12.1 Å². The van der Waals surface area contributed by atoms with Gasteiger partial charge in [0.05, 0.1) is 17.6 Å². The molecule has 0 aliphatic heterocycles. The SMILES string of the molecule is Cn1cc(CNc2ccc3cnccc3c2N)cn1. The van der Waals surface area contributed by atoms with Gasteiger partial charge < -0.3 is 11.1 Å². The maximum atomic E-state index is 6.18. The summed E-state index contributed by atoms with van der Waals surface area (Å²) in [7, 11) is 1.90. The molecule has 5 heteroatoms. The van der Waals surface area contributed by atoms with Gasteiger partial charge in [0, 0.05) is 48.5 Å². The molecular formula is C14H15N5. The van der Waals surface area contributed by atoms with Crippen molar-refractivity contribution in [2.75, 3.05) is 11.1 Å². The van der Waals surface area contributed by atoms with Gasteiger partial charge in [0.2, 0.25) is 0 Å². The predicted octanol–water partition coefficient (Wildman–Crippen LogP) is 2.16. The standard InChI is InChI=1S/C14H15N5/c1-19-9-10(7-18-19)6-17-13-3-2-11-8-16-5-4-12(11)14(13)15/h2-5,7-9,17H,6,15H2,1H3. The molecule has 3 N–H and O–H groups in total. The van der Waals surface area contributed by atoms with Crippen molar-refractivity contribution in [3.05, 3.63) is 48.5 Å². The number of nitrogens with zero attached hydrogens (tertiary/aromatic N) is 3. The monoisotopic (exact) mass is 253 g/mol. The molecule has 1 aromatic carbocycles. The zero-order valence-electron chi connectivity index (χ0n) is 10.7. The fourth-order valence-corrected chi connectivity index (χ4v) is 2.11. The van der Waals surface area contributed by atoms with E-state index in [1.165, 1.54) is 0 Å². The van der Waals surface area contributed by atoms with E-state index >= 15 is 0 Å². The van der Waals surface area contributed by atoms with Gasteiger partial charge in [-0.25, -0.2) is 0 Å². The van der Waals surface area contributed by atoms with E-state index in [2.05, 4.69) is 15.4 Å². The number of hydrogen-bond donors (Lipinski definition) is 2. The van der Waals surface area contributed by atoms with E-state index in [9.17, 15) is 0 Å². The Bertz CT molecular complexity index is 717. The Hall–Kier alpha value is -2.56. The van der Waals surface area contributed by atoms with Crippen molar-refractivity contribution in [3.63, 3.8) is 0 Å². The van der Waals surface area contributed by atoms with Crippen molar-refractivity contribution >= 4 is 22.1 Å². The van der Waals surface area contributed by atoms with Crippen LogP contribution in [0.25, 0.3) is 10.8 Å². The van der Waals surface area contributed by atoms with E-state index in [1.54, 1.807) is 10.9 Å². The second kappa shape index (κ2) is 4.61. The minimum absolute atomic E-state index is 0.703. The summed E-state index contributed by atoms with van der Waals surface area (Å²) < 4.78 is 1.78. The summed E-state index contributed by atoms with van der Waals surface area (Å²) >= 11 is 0. The molecule has 0 radical (unpaired) electrons. The minimum atomic E-state index is 0.703. The Morgan fingerprint density at radius 2 is 2.16 bits per heavy atom. The maximum absolute atomic E-state index is 6.18. The molecule has 0 atom stereocenters. The third kappa shape index (κ3) is 2.22.